The zero-order chi connectivity index (χ0) is 21.3. The molecule has 0 saturated carbocycles. The van der Waals surface area contributed by atoms with Gasteiger partial charge in [-0.15, -0.1) is 11.3 Å². The summed E-state index contributed by atoms with van der Waals surface area (Å²) in [7, 11) is -3.13. The van der Waals surface area contributed by atoms with Crippen LogP contribution in [-0.2, 0) is 10.0 Å². The number of aromatic nitrogens is 4. The Balaban J connectivity index is 1.41. The van der Waals surface area contributed by atoms with E-state index in [1.54, 1.807) is 21.8 Å². The van der Waals surface area contributed by atoms with Gasteiger partial charge in [0.05, 0.1) is 17.1 Å². The van der Waals surface area contributed by atoms with Crippen molar-refractivity contribution >= 4 is 32.3 Å². The van der Waals surface area contributed by atoms with E-state index in [0.29, 0.717) is 25.6 Å². The van der Waals surface area contributed by atoms with Crippen LogP contribution in [0.1, 0.15) is 12.8 Å². The van der Waals surface area contributed by atoms with Gasteiger partial charge in [-0.25, -0.2) is 27.7 Å². The minimum atomic E-state index is -3.13. The first kappa shape index (κ1) is 20.1. The zero-order valence-electron chi connectivity index (χ0n) is 16.8. The van der Waals surface area contributed by atoms with E-state index < -0.39 is 10.0 Å². The number of fused-ring (bicyclic) bond motifs is 1. The molecule has 1 aliphatic heterocycles. The lowest BCUT2D eigenvalue weighted by atomic mass is 10.1. The Hall–Kier alpha value is -2.82. The smallest absolute Gasteiger partial charge is 0.223 e. The molecule has 0 atom stereocenters. The van der Waals surface area contributed by atoms with Gasteiger partial charge >= 0.3 is 0 Å². The molecule has 4 aromatic rings. The Morgan fingerprint density at radius 2 is 1.97 bits per heavy atom. The van der Waals surface area contributed by atoms with Crippen molar-refractivity contribution in [2.24, 2.45) is 0 Å². The van der Waals surface area contributed by atoms with Crippen molar-refractivity contribution in [3.05, 3.63) is 54.2 Å². The van der Waals surface area contributed by atoms with Gasteiger partial charge in [0.1, 0.15) is 5.69 Å². The number of hydrogen-bond donors (Lipinski definition) is 1. The fourth-order valence-corrected chi connectivity index (χ4v) is 6.11. The van der Waals surface area contributed by atoms with Gasteiger partial charge in [-0.3, -0.25) is 4.40 Å². The van der Waals surface area contributed by atoms with E-state index in [0.717, 1.165) is 40.4 Å². The summed E-state index contributed by atoms with van der Waals surface area (Å²) in [6.45, 7) is 1.44. The molecule has 8 nitrogen and oxygen atoms in total. The van der Waals surface area contributed by atoms with Crippen molar-refractivity contribution in [1.82, 2.24) is 23.7 Å². The molecule has 10 heteroatoms. The molecule has 31 heavy (non-hydrogen) atoms. The lowest BCUT2D eigenvalue weighted by Crippen LogP contribution is -2.40. The quantitative estimate of drug-likeness (QED) is 0.480. The van der Waals surface area contributed by atoms with Crippen LogP contribution in [0.2, 0.25) is 0 Å². The van der Waals surface area contributed by atoms with Crippen LogP contribution >= 0.6 is 11.3 Å². The molecular formula is C21H22N6O2S2. The van der Waals surface area contributed by atoms with E-state index in [4.69, 9.17) is 9.97 Å². The highest BCUT2D eigenvalue weighted by Gasteiger charge is 2.25. The number of sulfonamides is 1. The van der Waals surface area contributed by atoms with Gasteiger partial charge in [-0.1, -0.05) is 30.3 Å². The summed E-state index contributed by atoms with van der Waals surface area (Å²) in [4.78, 5) is 14.7. The number of rotatable bonds is 6. The fraction of sp³-hybridized carbons (Fsp3) is 0.286. The van der Waals surface area contributed by atoms with E-state index in [1.807, 2.05) is 52.4 Å². The highest BCUT2D eigenvalue weighted by atomic mass is 32.2. The molecule has 0 amide bonds. The maximum atomic E-state index is 12.2. The second kappa shape index (κ2) is 8.37. The standard InChI is InChI=1S/C21H22N6O2S2/c28-31(29)15-5-4-11-26(31)12-10-23-20-22-9-8-17(24-20)19-18(16-6-2-1-3-7-16)25-21-27(19)13-14-30-21/h1-3,6-9,13-14H,4-5,10-12,15H2,(H,22,23,24). The number of nitrogens with one attached hydrogen (secondary N) is 1. The van der Waals surface area contributed by atoms with Gasteiger partial charge in [0.2, 0.25) is 16.0 Å². The van der Waals surface area contributed by atoms with Gasteiger partial charge in [0.25, 0.3) is 0 Å². The molecular weight excluding hydrogens is 432 g/mol. The van der Waals surface area contributed by atoms with Crippen LogP contribution in [0.4, 0.5) is 5.95 Å². The number of anilines is 1. The molecule has 1 N–H and O–H groups in total. The predicted octanol–water partition coefficient (Wildman–Crippen LogP) is 3.36. The number of hydrogen-bond acceptors (Lipinski definition) is 7. The summed E-state index contributed by atoms with van der Waals surface area (Å²) in [6, 6.07) is 11.9. The van der Waals surface area contributed by atoms with E-state index in [9.17, 15) is 8.42 Å². The molecule has 0 aliphatic carbocycles. The van der Waals surface area contributed by atoms with Crippen LogP contribution in [0.25, 0.3) is 27.6 Å². The molecule has 0 radical (unpaired) electrons. The van der Waals surface area contributed by atoms with Crippen molar-refractivity contribution < 1.29 is 8.42 Å². The van der Waals surface area contributed by atoms with Crippen molar-refractivity contribution in [3.8, 4) is 22.6 Å². The summed E-state index contributed by atoms with van der Waals surface area (Å²) < 4.78 is 27.9. The van der Waals surface area contributed by atoms with Crippen LogP contribution in [0.15, 0.2) is 54.2 Å². The first-order chi connectivity index (χ1) is 15.1. The average molecular weight is 455 g/mol. The van der Waals surface area contributed by atoms with E-state index in [-0.39, 0.29) is 5.75 Å². The first-order valence-electron chi connectivity index (χ1n) is 10.2. The SMILES string of the molecule is O=S1(=O)CCCCN1CCNc1nccc(-c2c(-c3ccccc3)nc3sccn23)n1. The van der Waals surface area contributed by atoms with Gasteiger partial charge < -0.3 is 5.32 Å². The number of imidazole rings is 1. The number of benzene rings is 1. The topological polar surface area (TPSA) is 92.5 Å². The Labute approximate surface area is 184 Å². The second-order valence-electron chi connectivity index (χ2n) is 7.35. The fourth-order valence-electron chi connectivity index (χ4n) is 3.79. The zero-order valence-corrected chi connectivity index (χ0v) is 18.4. The maximum Gasteiger partial charge on any atom is 0.223 e. The van der Waals surface area contributed by atoms with Gasteiger partial charge in [-0.2, -0.15) is 0 Å². The Bertz CT molecular complexity index is 1300. The van der Waals surface area contributed by atoms with E-state index in [1.165, 1.54) is 0 Å². The predicted molar refractivity (Wildman–Crippen MR) is 123 cm³/mol. The molecule has 160 valence electrons. The molecule has 1 aromatic carbocycles. The van der Waals surface area contributed by atoms with Crippen LogP contribution in [-0.4, -0.2) is 57.5 Å². The molecule has 0 spiro atoms. The first-order valence-corrected chi connectivity index (χ1v) is 12.7. The summed E-state index contributed by atoms with van der Waals surface area (Å²) in [6.07, 6.45) is 5.35. The second-order valence-corrected chi connectivity index (χ2v) is 10.3. The average Bonchev–Trinajstić information content (AvgIpc) is 3.37. The highest BCUT2D eigenvalue weighted by molar-refractivity contribution is 7.89. The third kappa shape index (κ3) is 4.06. The normalized spacial score (nSPS) is 16.5. The summed E-state index contributed by atoms with van der Waals surface area (Å²) >= 11 is 1.58. The highest BCUT2D eigenvalue weighted by Crippen LogP contribution is 2.33. The van der Waals surface area contributed by atoms with Crippen LogP contribution < -0.4 is 5.32 Å². The van der Waals surface area contributed by atoms with Gasteiger partial charge in [0.15, 0.2) is 4.96 Å². The van der Waals surface area contributed by atoms with Crippen LogP contribution in [0, 0.1) is 0 Å². The summed E-state index contributed by atoms with van der Waals surface area (Å²) in [5.74, 6) is 0.704. The third-order valence-corrected chi connectivity index (χ3v) is 8.02. The number of thiazole rings is 1. The minimum Gasteiger partial charge on any atom is -0.353 e. The lowest BCUT2D eigenvalue weighted by Gasteiger charge is -2.26. The molecule has 4 heterocycles. The Morgan fingerprint density at radius 3 is 2.81 bits per heavy atom. The van der Waals surface area contributed by atoms with Gasteiger partial charge in [-0.05, 0) is 18.9 Å². The molecule has 1 aliphatic rings. The Kier molecular flexibility index (Phi) is 5.43. The van der Waals surface area contributed by atoms with Crippen molar-refractivity contribution in [2.75, 3.05) is 30.7 Å². The van der Waals surface area contributed by atoms with Crippen molar-refractivity contribution in [3.63, 3.8) is 0 Å². The third-order valence-electron chi connectivity index (χ3n) is 5.31. The molecule has 0 unspecified atom stereocenters. The van der Waals surface area contributed by atoms with E-state index in [2.05, 4.69) is 10.3 Å². The van der Waals surface area contributed by atoms with Crippen molar-refractivity contribution in [2.45, 2.75) is 12.8 Å². The van der Waals surface area contributed by atoms with Crippen molar-refractivity contribution in [1.29, 1.82) is 0 Å². The maximum absolute atomic E-state index is 12.2. The largest absolute Gasteiger partial charge is 0.353 e. The van der Waals surface area contributed by atoms with E-state index >= 15 is 0 Å². The summed E-state index contributed by atoms with van der Waals surface area (Å²) in [5.41, 5.74) is 3.56. The Morgan fingerprint density at radius 1 is 1.10 bits per heavy atom. The molecule has 5 rings (SSSR count). The molecule has 1 saturated heterocycles. The molecule has 1 fully saturated rings. The monoisotopic (exact) mass is 454 g/mol. The molecule has 0 bridgehead atoms. The number of nitrogens with zero attached hydrogens (tertiary/aromatic N) is 5. The van der Waals surface area contributed by atoms with Crippen LogP contribution in [0.5, 0.6) is 0 Å². The summed E-state index contributed by atoms with van der Waals surface area (Å²) in [5, 5.41) is 5.18. The van der Waals surface area contributed by atoms with Crippen LogP contribution in [0.3, 0.4) is 0 Å². The minimum absolute atomic E-state index is 0.235. The van der Waals surface area contributed by atoms with Gasteiger partial charge in [0, 0.05) is 43.0 Å². The molecule has 3 aromatic heterocycles. The lowest BCUT2D eigenvalue weighted by molar-refractivity contribution is 0.393.